The Morgan fingerprint density at radius 1 is 0.867 bits per heavy atom. The van der Waals surface area contributed by atoms with E-state index in [0.29, 0.717) is 22.4 Å². The van der Waals surface area contributed by atoms with Crippen molar-refractivity contribution in [3.05, 3.63) is 101 Å². The first kappa shape index (κ1) is 20.8. The van der Waals surface area contributed by atoms with E-state index >= 15 is 0 Å². The first-order valence-corrected chi connectivity index (χ1v) is 9.56. The van der Waals surface area contributed by atoms with Gasteiger partial charge in [0.15, 0.2) is 0 Å². The summed E-state index contributed by atoms with van der Waals surface area (Å²) in [6.07, 6.45) is 0.0306. The SMILES string of the molecule is Cc1c(NC(=O)CC(NC(=O)c2ccccc2)c2ccccc2)cccc1C(N)=O. The molecular formula is C24H23N3O3. The molecule has 6 nitrogen and oxygen atoms in total. The van der Waals surface area contributed by atoms with Crippen LogP contribution in [0.2, 0.25) is 0 Å². The van der Waals surface area contributed by atoms with Gasteiger partial charge < -0.3 is 16.4 Å². The van der Waals surface area contributed by atoms with E-state index in [-0.39, 0.29) is 18.2 Å². The first-order valence-electron chi connectivity index (χ1n) is 9.56. The molecule has 0 fully saturated rings. The largest absolute Gasteiger partial charge is 0.366 e. The lowest BCUT2D eigenvalue weighted by molar-refractivity contribution is -0.116. The van der Waals surface area contributed by atoms with Crippen molar-refractivity contribution in [1.29, 1.82) is 0 Å². The summed E-state index contributed by atoms with van der Waals surface area (Å²) in [6.45, 7) is 1.72. The molecule has 6 heteroatoms. The molecule has 4 N–H and O–H groups in total. The van der Waals surface area contributed by atoms with Crippen molar-refractivity contribution in [2.45, 2.75) is 19.4 Å². The molecule has 30 heavy (non-hydrogen) atoms. The third-order valence-corrected chi connectivity index (χ3v) is 4.81. The predicted octanol–water partition coefficient (Wildman–Crippen LogP) is 3.59. The van der Waals surface area contributed by atoms with Crippen molar-refractivity contribution >= 4 is 23.4 Å². The number of carbonyl (C=O) groups excluding carboxylic acids is 3. The Morgan fingerprint density at radius 3 is 2.13 bits per heavy atom. The van der Waals surface area contributed by atoms with Gasteiger partial charge in [-0.15, -0.1) is 0 Å². The molecule has 0 bridgehead atoms. The Kier molecular flexibility index (Phi) is 6.60. The summed E-state index contributed by atoms with van der Waals surface area (Å²) in [5, 5.41) is 5.76. The summed E-state index contributed by atoms with van der Waals surface area (Å²) < 4.78 is 0. The molecule has 0 aliphatic carbocycles. The Labute approximate surface area is 175 Å². The van der Waals surface area contributed by atoms with Crippen LogP contribution in [0.25, 0.3) is 0 Å². The minimum absolute atomic E-state index is 0.0306. The van der Waals surface area contributed by atoms with Crippen molar-refractivity contribution in [3.8, 4) is 0 Å². The molecule has 0 aromatic heterocycles. The topological polar surface area (TPSA) is 101 Å². The number of benzene rings is 3. The number of hydrogen-bond donors (Lipinski definition) is 3. The first-order chi connectivity index (χ1) is 14.5. The molecule has 3 amide bonds. The maximum atomic E-state index is 12.8. The highest BCUT2D eigenvalue weighted by Gasteiger charge is 2.20. The van der Waals surface area contributed by atoms with E-state index in [1.807, 2.05) is 36.4 Å². The van der Waals surface area contributed by atoms with Gasteiger partial charge in [0.25, 0.3) is 5.91 Å². The molecule has 3 aromatic carbocycles. The summed E-state index contributed by atoms with van der Waals surface area (Å²) in [6, 6.07) is 22.6. The molecule has 0 radical (unpaired) electrons. The zero-order chi connectivity index (χ0) is 21.5. The fourth-order valence-corrected chi connectivity index (χ4v) is 3.19. The van der Waals surface area contributed by atoms with Crippen molar-refractivity contribution in [3.63, 3.8) is 0 Å². The molecule has 0 heterocycles. The fraction of sp³-hybridized carbons (Fsp3) is 0.125. The number of primary amides is 1. The summed E-state index contributed by atoms with van der Waals surface area (Å²) >= 11 is 0. The minimum Gasteiger partial charge on any atom is -0.366 e. The van der Waals surface area contributed by atoms with Crippen LogP contribution < -0.4 is 16.4 Å². The number of anilines is 1. The average Bonchev–Trinajstić information content (AvgIpc) is 2.75. The van der Waals surface area contributed by atoms with Crippen molar-refractivity contribution in [2.75, 3.05) is 5.32 Å². The Morgan fingerprint density at radius 2 is 1.50 bits per heavy atom. The van der Waals surface area contributed by atoms with Gasteiger partial charge in [-0.05, 0) is 42.3 Å². The predicted molar refractivity (Wildman–Crippen MR) is 116 cm³/mol. The van der Waals surface area contributed by atoms with Crippen LogP contribution in [-0.4, -0.2) is 17.7 Å². The lowest BCUT2D eigenvalue weighted by Crippen LogP contribution is -2.31. The molecule has 0 spiro atoms. The number of hydrogen-bond acceptors (Lipinski definition) is 3. The lowest BCUT2D eigenvalue weighted by atomic mass is 10.0. The van der Waals surface area contributed by atoms with Crippen LogP contribution in [-0.2, 0) is 4.79 Å². The smallest absolute Gasteiger partial charge is 0.251 e. The highest BCUT2D eigenvalue weighted by atomic mass is 16.2. The van der Waals surface area contributed by atoms with Crippen molar-refractivity contribution in [1.82, 2.24) is 5.32 Å². The van der Waals surface area contributed by atoms with Crippen LogP contribution in [0.3, 0.4) is 0 Å². The Bertz CT molecular complexity index is 1050. The van der Waals surface area contributed by atoms with Gasteiger partial charge in [0.05, 0.1) is 12.5 Å². The van der Waals surface area contributed by atoms with E-state index in [4.69, 9.17) is 5.73 Å². The van der Waals surface area contributed by atoms with E-state index in [1.54, 1.807) is 49.4 Å². The summed E-state index contributed by atoms with van der Waals surface area (Å²) in [7, 11) is 0. The maximum absolute atomic E-state index is 12.8. The second-order valence-electron chi connectivity index (χ2n) is 6.90. The molecule has 152 valence electrons. The molecule has 0 saturated heterocycles. The van der Waals surface area contributed by atoms with Crippen LogP contribution >= 0.6 is 0 Å². The number of carbonyl (C=O) groups is 3. The van der Waals surface area contributed by atoms with E-state index in [0.717, 1.165) is 5.56 Å². The second-order valence-corrected chi connectivity index (χ2v) is 6.90. The molecule has 0 aliphatic heterocycles. The quantitative estimate of drug-likeness (QED) is 0.564. The summed E-state index contributed by atoms with van der Waals surface area (Å²) in [5.41, 5.74) is 8.18. The van der Waals surface area contributed by atoms with Crippen LogP contribution in [0.15, 0.2) is 78.9 Å². The van der Waals surface area contributed by atoms with Gasteiger partial charge >= 0.3 is 0 Å². The Hall–Kier alpha value is -3.93. The summed E-state index contributed by atoms with van der Waals surface area (Å²) in [4.78, 5) is 37.0. The number of nitrogens with two attached hydrogens (primary N) is 1. The molecule has 3 aromatic rings. The Balaban J connectivity index is 1.78. The zero-order valence-electron chi connectivity index (χ0n) is 16.6. The normalized spacial score (nSPS) is 11.4. The van der Waals surface area contributed by atoms with Gasteiger partial charge in [-0.3, -0.25) is 14.4 Å². The van der Waals surface area contributed by atoms with Gasteiger partial charge in [-0.2, -0.15) is 0 Å². The highest BCUT2D eigenvalue weighted by molar-refractivity contribution is 5.99. The van der Waals surface area contributed by atoms with Gasteiger partial charge in [0.1, 0.15) is 0 Å². The van der Waals surface area contributed by atoms with Crippen LogP contribution in [0.1, 0.15) is 44.3 Å². The standard InChI is InChI=1S/C24H23N3O3/c1-16-19(23(25)29)13-8-14-20(16)26-22(28)15-21(17-9-4-2-5-10-17)27-24(30)18-11-6-3-7-12-18/h2-14,21H,15H2,1H3,(H2,25,29)(H,26,28)(H,27,30). The summed E-state index contributed by atoms with van der Waals surface area (Å²) in [5.74, 6) is -1.10. The second kappa shape index (κ2) is 9.52. The number of nitrogens with one attached hydrogen (secondary N) is 2. The van der Waals surface area contributed by atoms with E-state index < -0.39 is 11.9 Å². The molecule has 1 atom stereocenters. The average molecular weight is 401 g/mol. The third kappa shape index (κ3) is 5.11. The van der Waals surface area contributed by atoms with Crippen molar-refractivity contribution in [2.24, 2.45) is 5.73 Å². The van der Waals surface area contributed by atoms with E-state index in [2.05, 4.69) is 10.6 Å². The van der Waals surface area contributed by atoms with Gasteiger partial charge in [0.2, 0.25) is 11.8 Å². The number of amides is 3. The van der Waals surface area contributed by atoms with Crippen LogP contribution in [0.5, 0.6) is 0 Å². The molecule has 0 aliphatic rings. The molecule has 1 unspecified atom stereocenters. The van der Waals surface area contributed by atoms with Crippen LogP contribution in [0, 0.1) is 6.92 Å². The minimum atomic E-state index is -0.555. The van der Waals surface area contributed by atoms with Gasteiger partial charge in [0, 0.05) is 16.8 Å². The van der Waals surface area contributed by atoms with Crippen LogP contribution in [0.4, 0.5) is 5.69 Å². The van der Waals surface area contributed by atoms with E-state index in [9.17, 15) is 14.4 Å². The lowest BCUT2D eigenvalue weighted by Gasteiger charge is -2.20. The molecule has 3 rings (SSSR count). The highest BCUT2D eigenvalue weighted by Crippen LogP contribution is 2.22. The van der Waals surface area contributed by atoms with Gasteiger partial charge in [-0.1, -0.05) is 54.6 Å². The maximum Gasteiger partial charge on any atom is 0.251 e. The van der Waals surface area contributed by atoms with E-state index in [1.165, 1.54) is 0 Å². The zero-order valence-corrected chi connectivity index (χ0v) is 16.6. The van der Waals surface area contributed by atoms with Crippen molar-refractivity contribution < 1.29 is 14.4 Å². The third-order valence-electron chi connectivity index (χ3n) is 4.81. The number of rotatable bonds is 7. The van der Waals surface area contributed by atoms with Gasteiger partial charge in [-0.25, -0.2) is 0 Å². The monoisotopic (exact) mass is 401 g/mol. The molecule has 0 saturated carbocycles. The fourth-order valence-electron chi connectivity index (χ4n) is 3.19. The molecular weight excluding hydrogens is 378 g/mol.